The lowest BCUT2D eigenvalue weighted by Gasteiger charge is -2.50. The van der Waals surface area contributed by atoms with Crippen molar-refractivity contribution in [3.63, 3.8) is 0 Å². The molecule has 2 N–H and O–H groups in total. The number of esters is 4. The number of rotatable bonds is 15. The molecule has 13 nitrogen and oxygen atoms in total. The summed E-state index contributed by atoms with van der Waals surface area (Å²) < 4.78 is 49.9. The molecule has 0 saturated carbocycles. The highest BCUT2D eigenvalue weighted by atomic mass is 31.2. The van der Waals surface area contributed by atoms with Gasteiger partial charge < -0.3 is 33.5 Å². The molecule has 0 amide bonds. The minimum Gasteiger partial charge on any atom is -0.452 e. The topological polar surface area (TPSA) is 181 Å². The van der Waals surface area contributed by atoms with Crippen LogP contribution in [0.15, 0.2) is 182 Å². The van der Waals surface area contributed by atoms with Crippen LogP contribution in [0.4, 0.5) is 0 Å². The third kappa shape index (κ3) is 11.0. The van der Waals surface area contributed by atoms with Gasteiger partial charge in [0, 0.05) is 12.8 Å². The summed E-state index contributed by atoms with van der Waals surface area (Å²) in [4.78, 5) is 77.6. The van der Waals surface area contributed by atoms with Gasteiger partial charge in [-0.25, -0.2) is 23.7 Å². The average Bonchev–Trinajstić information content (AvgIpc) is 3.29. The molecule has 0 aliphatic carbocycles. The SMILES string of the molecule is O=C(O[C@H]1[C@H](OC(=O)c2ccccc2)[C@@H](OP(=O)(O)O)O[C@H](C(Cc2ccccc2)(Cc2ccccc2)OC(=O)c2ccccc2)[C@H]1OC(=O)c1ccccc1)c1ccccc1. The van der Waals surface area contributed by atoms with Gasteiger partial charge >= 0.3 is 31.7 Å². The Kier molecular flexibility index (Phi) is 13.8. The molecular weight excluding hydrogens is 815 g/mol. The zero-order valence-electron chi connectivity index (χ0n) is 33.0. The van der Waals surface area contributed by atoms with E-state index in [1.54, 1.807) is 133 Å². The van der Waals surface area contributed by atoms with Gasteiger partial charge in [-0.2, -0.15) is 0 Å². The van der Waals surface area contributed by atoms with E-state index in [1.165, 1.54) is 48.5 Å². The molecule has 1 fully saturated rings. The first-order valence-electron chi connectivity index (χ1n) is 19.5. The van der Waals surface area contributed by atoms with Crippen molar-refractivity contribution in [2.24, 2.45) is 0 Å². The van der Waals surface area contributed by atoms with E-state index in [0.29, 0.717) is 11.1 Å². The number of phosphoric acid groups is 1. The van der Waals surface area contributed by atoms with Crippen molar-refractivity contribution in [1.82, 2.24) is 0 Å². The van der Waals surface area contributed by atoms with Gasteiger partial charge in [-0.1, -0.05) is 133 Å². The van der Waals surface area contributed by atoms with E-state index in [1.807, 2.05) is 0 Å². The van der Waals surface area contributed by atoms with Gasteiger partial charge in [0.1, 0.15) is 6.10 Å². The molecule has 1 saturated heterocycles. The largest absolute Gasteiger partial charge is 0.472 e. The van der Waals surface area contributed by atoms with Crippen LogP contribution < -0.4 is 0 Å². The summed E-state index contributed by atoms with van der Waals surface area (Å²) in [5.41, 5.74) is -0.554. The Hall–Kier alpha value is -6.73. The van der Waals surface area contributed by atoms with Gasteiger partial charge in [0.15, 0.2) is 23.9 Å². The van der Waals surface area contributed by atoms with Crippen LogP contribution in [0, 0.1) is 0 Å². The summed E-state index contributed by atoms with van der Waals surface area (Å²) in [6.07, 6.45) is -10.2. The summed E-state index contributed by atoms with van der Waals surface area (Å²) in [5, 5.41) is 0. The van der Waals surface area contributed by atoms with E-state index in [9.17, 15) is 33.5 Å². The molecule has 6 aromatic carbocycles. The molecule has 0 bridgehead atoms. The normalized spacial score (nSPS) is 18.8. The van der Waals surface area contributed by atoms with Crippen LogP contribution >= 0.6 is 7.82 Å². The second-order valence-corrected chi connectivity index (χ2v) is 15.6. The van der Waals surface area contributed by atoms with Crippen molar-refractivity contribution in [1.29, 1.82) is 0 Å². The van der Waals surface area contributed by atoms with E-state index < -0.39 is 68.0 Å². The standard InChI is InChI=1S/C48H41O13P/c49-43(35-23-11-3-12-24-35)56-39-40(57-44(50)36-25-13-4-14-26-36)42(59-47(61-62(53,54)55)41(39)58-45(51)37-27-15-5-16-28-37)48(31-33-19-7-1-8-20-33,32-34-21-9-2-10-22-34)60-46(52)38-29-17-6-18-30-38/h1-30,39-42,47H,31-32H2,(H2,53,54,55)/t39-,40+,41+,42+,47-/m1/s1. The van der Waals surface area contributed by atoms with Crippen LogP contribution in [0.1, 0.15) is 52.6 Å². The lowest BCUT2D eigenvalue weighted by molar-refractivity contribution is -0.304. The number of carbonyl (C=O) groups excluding carboxylic acids is 4. The highest BCUT2D eigenvalue weighted by molar-refractivity contribution is 7.46. The molecule has 5 atom stereocenters. The van der Waals surface area contributed by atoms with Crippen LogP contribution in [-0.2, 0) is 45.6 Å². The van der Waals surface area contributed by atoms with Gasteiger partial charge in [-0.15, -0.1) is 0 Å². The molecule has 62 heavy (non-hydrogen) atoms. The Balaban J connectivity index is 1.47. The quantitative estimate of drug-likeness (QED) is 0.0587. The smallest absolute Gasteiger partial charge is 0.452 e. The second-order valence-electron chi connectivity index (χ2n) is 14.4. The summed E-state index contributed by atoms with van der Waals surface area (Å²) >= 11 is 0. The Morgan fingerprint density at radius 3 is 1.16 bits per heavy atom. The third-order valence-electron chi connectivity index (χ3n) is 10.0. The van der Waals surface area contributed by atoms with Crippen molar-refractivity contribution in [3.8, 4) is 0 Å². The maximum absolute atomic E-state index is 14.5. The Morgan fingerprint density at radius 2 is 0.790 bits per heavy atom. The molecule has 1 aliphatic rings. The van der Waals surface area contributed by atoms with Gasteiger partial charge in [0.25, 0.3) is 0 Å². The third-order valence-corrected chi connectivity index (χ3v) is 10.5. The van der Waals surface area contributed by atoms with E-state index in [2.05, 4.69) is 0 Å². The summed E-state index contributed by atoms with van der Waals surface area (Å²) in [5.74, 6) is -3.81. The molecule has 14 heteroatoms. The Morgan fingerprint density at radius 1 is 0.468 bits per heavy atom. The highest BCUT2D eigenvalue weighted by Gasteiger charge is 2.62. The van der Waals surface area contributed by atoms with Crippen molar-refractivity contribution >= 4 is 31.7 Å². The molecule has 316 valence electrons. The minimum absolute atomic E-state index is 0.00909. The van der Waals surface area contributed by atoms with Gasteiger partial charge in [-0.3, -0.25) is 4.52 Å². The second kappa shape index (κ2) is 19.8. The predicted molar refractivity (Wildman–Crippen MR) is 224 cm³/mol. The fourth-order valence-electron chi connectivity index (χ4n) is 7.23. The molecule has 0 unspecified atom stereocenters. The number of benzene rings is 6. The summed E-state index contributed by atoms with van der Waals surface area (Å²) in [6, 6.07) is 49.0. The Bertz CT molecular complexity index is 2430. The molecule has 0 radical (unpaired) electrons. The fraction of sp³-hybridized carbons (Fsp3) is 0.167. The van der Waals surface area contributed by atoms with Crippen LogP contribution in [0.25, 0.3) is 0 Å². The minimum atomic E-state index is -5.56. The van der Waals surface area contributed by atoms with E-state index in [-0.39, 0.29) is 35.1 Å². The highest BCUT2D eigenvalue weighted by Crippen LogP contribution is 2.46. The first-order chi connectivity index (χ1) is 30.0. The zero-order valence-corrected chi connectivity index (χ0v) is 33.8. The van der Waals surface area contributed by atoms with Gasteiger partial charge in [0.2, 0.25) is 6.29 Å². The number of carbonyl (C=O) groups is 4. The summed E-state index contributed by atoms with van der Waals surface area (Å²) in [6.45, 7) is 0. The molecule has 6 aromatic rings. The van der Waals surface area contributed by atoms with Crippen LogP contribution in [-0.4, -0.2) is 70.0 Å². The van der Waals surface area contributed by atoms with Gasteiger partial charge in [-0.05, 0) is 59.7 Å². The molecule has 7 rings (SSSR count). The zero-order chi connectivity index (χ0) is 43.5. The van der Waals surface area contributed by atoms with E-state index in [4.69, 9.17) is 28.2 Å². The van der Waals surface area contributed by atoms with Gasteiger partial charge in [0.05, 0.1) is 22.3 Å². The first kappa shape index (κ1) is 43.4. The number of hydrogen-bond acceptors (Lipinski definition) is 11. The molecule has 1 heterocycles. The van der Waals surface area contributed by atoms with Crippen molar-refractivity contribution in [2.45, 2.75) is 49.1 Å². The average molecular weight is 857 g/mol. The van der Waals surface area contributed by atoms with Crippen molar-refractivity contribution < 1.29 is 61.7 Å². The summed E-state index contributed by atoms with van der Waals surface area (Å²) in [7, 11) is -5.56. The number of phosphoric ester groups is 1. The van der Waals surface area contributed by atoms with E-state index in [0.717, 1.165) is 0 Å². The van der Waals surface area contributed by atoms with Crippen LogP contribution in [0.3, 0.4) is 0 Å². The van der Waals surface area contributed by atoms with E-state index >= 15 is 0 Å². The Labute approximate surface area is 357 Å². The first-order valence-corrected chi connectivity index (χ1v) is 21.0. The van der Waals surface area contributed by atoms with Crippen molar-refractivity contribution in [2.75, 3.05) is 0 Å². The predicted octanol–water partition coefficient (Wildman–Crippen LogP) is 7.58. The maximum Gasteiger partial charge on any atom is 0.472 e. The molecule has 1 aliphatic heterocycles. The monoisotopic (exact) mass is 856 g/mol. The molecule has 0 spiro atoms. The number of hydrogen-bond donors (Lipinski definition) is 2. The maximum atomic E-state index is 14.5. The fourth-order valence-corrected chi connectivity index (χ4v) is 7.68. The van der Waals surface area contributed by atoms with Crippen molar-refractivity contribution in [3.05, 3.63) is 215 Å². The van der Waals surface area contributed by atoms with Crippen LogP contribution in [0.2, 0.25) is 0 Å². The molecule has 0 aromatic heterocycles. The molecular formula is C48H41O13P. The van der Waals surface area contributed by atoms with Crippen LogP contribution in [0.5, 0.6) is 0 Å². The number of ether oxygens (including phenoxy) is 5. The lowest BCUT2D eigenvalue weighted by atomic mass is 9.77. The lowest BCUT2D eigenvalue weighted by Crippen LogP contribution is -2.69.